The molecule has 4 heterocycles. The lowest BCUT2D eigenvalue weighted by atomic mass is 9.92. The number of aliphatic hydroxyl groups is 2. The largest absolute Gasteiger partial charge is 0.488 e. The van der Waals surface area contributed by atoms with Crippen molar-refractivity contribution in [3.63, 3.8) is 0 Å². The minimum Gasteiger partial charge on any atom is -0.488 e. The molecule has 5 aromatic rings. The second kappa shape index (κ2) is 11.2. The highest BCUT2D eigenvalue weighted by Gasteiger charge is 2.27. The van der Waals surface area contributed by atoms with Gasteiger partial charge in [-0.05, 0) is 53.9 Å². The third-order valence-corrected chi connectivity index (χ3v) is 7.82. The molecule has 8 N–H and O–H groups in total. The Hall–Kier alpha value is -5.31. The van der Waals surface area contributed by atoms with Crippen LogP contribution in [0.1, 0.15) is 36.9 Å². The first-order chi connectivity index (χ1) is 20.7. The molecule has 14 heteroatoms. The van der Waals surface area contributed by atoms with Crippen molar-refractivity contribution in [2.75, 3.05) is 24.2 Å². The van der Waals surface area contributed by atoms with Gasteiger partial charge in [-0.3, -0.25) is 9.59 Å². The highest BCUT2D eigenvalue weighted by molar-refractivity contribution is 7.13. The van der Waals surface area contributed by atoms with Crippen LogP contribution in [0.4, 0.5) is 11.6 Å². The minimum absolute atomic E-state index is 0.0877. The highest BCUT2D eigenvalue weighted by Crippen LogP contribution is 2.44. The van der Waals surface area contributed by atoms with Crippen molar-refractivity contribution < 1.29 is 34.4 Å². The number of benzene rings is 2. The number of fused-ring (bicyclic) bond motifs is 4. The summed E-state index contributed by atoms with van der Waals surface area (Å²) < 4.78 is 5.98. The number of nitrogens with zero attached hydrogens (tertiary/aromatic N) is 2. The smallest absolute Gasteiger partial charge is 0.355 e. The number of imidazole rings is 1. The number of H-pyrrole nitrogens is 1. The monoisotopic (exact) mass is 600 g/mol. The molecule has 0 saturated heterocycles. The first kappa shape index (κ1) is 27.8. The fourth-order valence-electron chi connectivity index (χ4n) is 4.77. The first-order valence-corrected chi connectivity index (χ1v) is 13.9. The van der Waals surface area contributed by atoms with E-state index in [4.69, 9.17) is 15.6 Å². The molecule has 1 atom stereocenters. The number of hydrogen-bond donors (Lipinski definition) is 7. The molecule has 2 aromatic carbocycles. The van der Waals surface area contributed by atoms with Crippen molar-refractivity contribution in [3.8, 4) is 27.3 Å². The molecule has 0 fully saturated rings. The number of nitrogen functional groups attached to an aromatic ring is 1. The fourth-order valence-corrected chi connectivity index (χ4v) is 5.70. The molecule has 218 valence electrons. The summed E-state index contributed by atoms with van der Waals surface area (Å²) in [5, 5.41) is 35.8. The van der Waals surface area contributed by atoms with E-state index in [0.717, 1.165) is 10.4 Å². The third kappa shape index (κ3) is 5.37. The van der Waals surface area contributed by atoms with E-state index in [1.165, 1.54) is 23.5 Å². The zero-order chi connectivity index (χ0) is 30.2. The van der Waals surface area contributed by atoms with E-state index in [0.29, 0.717) is 34.6 Å². The van der Waals surface area contributed by atoms with Crippen molar-refractivity contribution in [2.45, 2.75) is 12.7 Å². The van der Waals surface area contributed by atoms with Gasteiger partial charge in [0.15, 0.2) is 11.6 Å². The number of hydrogen-bond acceptors (Lipinski definition) is 10. The number of pyridine rings is 1. The van der Waals surface area contributed by atoms with Crippen LogP contribution in [-0.2, 0) is 6.61 Å². The Morgan fingerprint density at radius 1 is 1.05 bits per heavy atom. The van der Waals surface area contributed by atoms with Gasteiger partial charge in [0.2, 0.25) is 0 Å². The van der Waals surface area contributed by atoms with Crippen LogP contribution in [-0.4, -0.2) is 67.3 Å². The first-order valence-electron chi connectivity index (χ1n) is 13.0. The van der Waals surface area contributed by atoms with Gasteiger partial charge in [-0.25, -0.2) is 14.8 Å². The van der Waals surface area contributed by atoms with Gasteiger partial charge in [-0.1, -0.05) is 0 Å². The number of aliphatic hydroxyl groups excluding tert-OH is 2. The van der Waals surface area contributed by atoms with Crippen molar-refractivity contribution in [3.05, 3.63) is 76.4 Å². The van der Waals surface area contributed by atoms with Crippen LogP contribution in [0, 0.1) is 0 Å². The summed E-state index contributed by atoms with van der Waals surface area (Å²) in [6, 6.07) is 13.0. The van der Waals surface area contributed by atoms with Gasteiger partial charge < -0.3 is 41.4 Å². The van der Waals surface area contributed by atoms with Crippen molar-refractivity contribution in [2.24, 2.45) is 0 Å². The molecule has 43 heavy (non-hydrogen) atoms. The van der Waals surface area contributed by atoms with Gasteiger partial charge in [0, 0.05) is 44.9 Å². The molecule has 0 bridgehead atoms. The van der Waals surface area contributed by atoms with E-state index in [-0.39, 0.29) is 34.9 Å². The Kier molecular flexibility index (Phi) is 7.23. The Labute approximate surface area is 247 Å². The quantitative estimate of drug-likeness (QED) is 0.138. The van der Waals surface area contributed by atoms with Crippen molar-refractivity contribution >= 4 is 51.8 Å². The number of anilines is 2. The third-order valence-electron chi connectivity index (χ3n) is 6.83. The maximum atomic E-state index is 13.8. The number of carboxylic acids is 1. The number of carboxylic acid groups (broad SMARTS) is 1. The number of carbonyl (C=O) groups excluding carboxylic acids is 2. The Bertz CT molecular complexity index is 1920. The summed E-state index contributed by atoms with van der Waals surface area (Å²) in [6.07, 6.45) is -1.19. The normalized spacial score (nSPS) is 12.6. The molecular formula is C29H24N6O7S. The second-order valence-electron chi connectivity index (χ2n) is 9.71. The van der Waals surface area contributed by atoms with Crippen LogP contribution in [0.15, 0.2) is 53.9 Å². The van der Waals surface area contributed by atoms with Gasteiger partial charge in [0.05, 0.1) is 23.7 Å². The molecule has 0 aliphatic carbocycles. The maximum Gasteiger partial charge on any atom is 0.355 e. The van der Waals surface area contributed by atoms with Crippen LogP contribution in [0.2, 0.25) is 0 Å². The van der Waals surface area contributed by atoms with E-state index in [1.54, 1.807) is 30.3 Å². The number of thiophene rings is 1. The molecule has 6 rings (SSSR count). The van der Waals surface area contributed by atoms with Gasteiger partial charge >= 0.3 is 5.97 Å². The summed E-state index contributed by atoms with van der Waals surface area (Å²) in [6.45, 7) is -0.503. The zero-order valence-corrected chi connectivity index (χ0v) is 23.1. The van der Waals surface area contributed by atoms with Crippen LogP contribution in [0.5, 0.6) is 5.75 Å². The predicted octanol–water partition coefficient (Wildman–Crippen LogP) is 2.86. The average Bonchev–Trinajstić information content (AvgIpc) is 3.64. The van der Waals surface area contributed by atoms with E-state index in [9.17, 15) is 24.6 Å². The number of nitrogens with two attached hydrogens (primary N) is 1. The standard InChI is InChI=1S/C29H24N6O7S/c30-29-34-20-3-1-14(7-22(20)35-29)32-26(38)18-8-19-23(42-12-13-5-6-43-25(13)19)9-17(18)16-2-4-21(33-24(16)28(40)41)27(39)31-10-15(37)11-36/h1-9,15,36-37H,10-12H2,(H,31,39)(H,32,38)(H,40,41)(H3,30,34,35)/t15-/m1/s1. The molecule has 0 spiro atoms. The van der Waals surface area contributed by atoms with Crippen molar-refractivity contribution in [1.29, 1.82) is 0 Å². The molecule has 1 aliphatic rings. The number of ether oxygens (including phenoxy) is 1. The summed E-state index contributed by atoms with van der Waals surface area (Å²) in [4.78, 5) is 50.9. The summed E-state index contributed by atoms with van der Waals surface area (Å²) >= 11 is 1.50. The minimum atomic E-state index is -1.42. The molecule has 13 nitrogen and oxygen atoms in total. The topological polar surface area (TPSA) is 213 Å². The molecule has 3 aromatic heterocycles. The van der Waals surface area contributed by atoms with Crippen molar-refractivity contribution in [1.82, 2.24) is 20.3 Å². The number of aromatic nitrogens is 3. The average molecular weight is 601 g/mol. The Morgan fingerprint density at radius 3 is 2.67 bits per heavy atom. The molecule has 2 amide bonds. The summed E-state index contributed by atoms with van der Waals surface area (Å²) in [7, 11) is 0. The molecule has 0 radical (unpaired) electrons. The van der Waals surface area contributed by atoms with Crippen LogP contribution < -0.4 is 21.1 Å². The number of carbonyl (C=O) groups is 3. The van der Waals surface area contributed by atoms with Gasteiger partial charge in [0.1, 0.15) is 18.1 Å². The van der Waals surface area contributed by atoms with Gasteiger partial charge in [0.25, 0.3) is 11.8 Å². The number of nitrogens with one attached hydrogen (secondary N) is 3. The molecular weight excluding hydrogens is 576 g/mol. The molecule has 1 aliphatic heterocycles. The predicted molar refractivity (Wildman–Crippen MR) is 158 cm³/mol. The number of aromatic amines is 1. The lowest BCUT2D eigenvalue weighted by Crippen LogP contribution is -2.34. The Morgan fingerprint density at radius 2 is 1.88 bits per heavy atom. The number of rotatable bonds is 8. The van der Waals surface area contributed by atoms with E-state index < -0.39 is 36.2 Å². The molecule has 0 unspecified atom stereocenters. The fraction of sp³-hybridized carbons (Fsp3) is 0.138. The van der Waals surface area contributed by atoms with Gasteiger partial charge in [-0.15, -0.1) is 11.3 Å². The van der Waals surface area contributed by atoms with Crippen LogP contribution in [0.3, 0.4) is 0 Å². The van der Waals surface area contributed by atoms with Gasteiger partial charge in [-0.2, -0.15) is 0 Å². The maximum absolute atomic E-state index is 13.8. The zero-order valence-electron chi connectivity index (χ0n) is 22.2. The van der Waals surface area contributed by atoms with Crippen LogP contribution in [0.25, 0.3) is 32.6 Å². The second-order valence-corrected chi connectivity index (χ2v) is 10.6. The Balaban J connectivity index is 1.44. The summed E-state index contributed by atoms with van der Waals surface area (Å²) in [5.74, 6) is -1.99. The lowest BCUT2D eigenvalue weighted by molar-refractivity contribution is 0.0690. The molecule has 0 saturated carbocycles. The van der Waals surface area contributed by atoms with E-state index in [2.05, 4.69) is 25.6 Å². The van der Waals surface area contributed by atoms with E-state index in [1.807, 2.05) is 11.4 Å². The lowest BCUT2D eigenvalue weighted by Gasteiger charge is -2.21. The number of amides is 2. The highest BCUT2D eigenvalue weighted by atomic mass is 32.1. The van der Waals surface area contributed by atoms with E-state index >= 15 is 0 Å². The SMILES string of the molecule is Nc1nc2ccc(NC(=O)c3cc4c(cc3-c3ccc(C(=O)NC[C@@H](O)CO)nc3C(=O)O)OCc3ccsc3-4)cc2[nH]1. The number of aromatic carboxylic acids is 1. The summed E-state index contributed by atoms with van der Waals surface area (Å²) in [5.41, 5.74) is 8.88. The van der Waals surface area contributed by atoms with Crippen LogP contribution >= 0.6 is 11.3 Å².